The number of aromatic amines is 1. The average molecular weight is 392 g/mol. The zero-order chi connectivity index (χ0) is 19.6. The molecule has 2 heterocycles. The van der Waals surface area contributed by atoms with Crippen molar-refractivity contribution in [3.63, 3.8) is 0 Å². The third-order valence-corrected chi connectivity index (χ3v) is 6.78. The smallest absolute Gasteiger partial charge is 0.256 e. The molecule has 3 rings (SSSR count). The highest BCUT2D eigenvalue weighted by Crippen LogP contribution is 2.32. The number of nitrogens with zero attached hydrogens (tertiary/aromatic N) is 3. The minimum absolute atomic E-state index is 0.0775. The number of H-pyrrole nitrogens is 1. The van der Waals surface area contributed by atoms with Crippen molar-refractivity contribution in [2.24, 2.45) is 0 Å². The van der Waals surface area contributed by atoms with Gasteiger partial charge in [-0.25, -0.2) is 8.42 Å². The third-order valence-electron chi connectivity index (χ3n) is 4.86. The minimum atomic E-state index is -3.54. The van der Waals surface area contributed by atoms with Crippen molar-refractivity contribution < 1.29 is 17.9 Å². The number of rotatable bonds is 5. The summed E-state index contributed by atoms with van der Waals surface area (Å²) in [5.41, 5.74) is 1.34. The molecule has 0 aliphatic carbocycles. The molecule has 1 N–H and O–H groups in total. The lowest BCUT2D eigenvalue weighted by molar-refractivity contribution is 0.0825. The van der Waals surface area contributed by atoms with Gasteiger partial charge in [0.1, 0.15) is 5.75 Å². The van der Waals surface area contributed by atoms with Crippen molar-refractivity contribution in [2.45, 2.75) is 23.7 Å². The zero-order valence-corrected chi connectivity index (χ0v) is 16.5. The topological polar surface area (TPSA) is 95.6 Å². The van der Waals surface area contributed by atoms with Gasteiger partial charge in [0.15, 0.2) is 0 Å². The number of aromatic nitrogens is 2. The van der Waals surface area contributed by atoms with Gasteiger partial charge in [-0.05, 0) is 37.1 Å². The Morgan fingerprint density at radius 2 is 1.85 bits per heavy atom. The highest BCUT2D eigenvalue weighted by molar-refractivity contribution is 7.89. The summed E-state index contributed by atoms with van der Waals surface area (Å²) in [4.78, 5) is 14.0. The van der Waals surface area contributed by atoms with E-state index in [2.05, 4.69) is 10.2 Å². The zero-order valence-electron chi connectivity index (χ0n) is 15.7. The van der Waals surface area contributed by atoms with E-state index >= 15 is 0 Å². The monoisotopic (exact) mass is 392 g/mol. The molecule has 1 aromatic carbocycles. The molecule has 0 atom stereocenters. The first-order valence-corrected chi connectivity index (χ1v) is 10.2. The van der Waals surface area contributed by atoms with Crippen molar-refractivity contribution in [1.82, 2.24) is 19.4 Å². The number of carbonyl (C=O) groups excluding carboxylic acids is 1. The normalized spacial score (nSPS) is 16.3. The molecule has 1 amide bonds. The molecule has 0 unspecified atom stereocenters. The maximum Gasteiger partial charge on any atom is 0.256 e. The Labute approximate surface area is 159 Å². The fourth-order valence-corrected chi connectivity index (χ4v) is 4.77. The van der Waals surface area contributed by atoms with E-state index in [-0.39, 0.29) is 16.7 Å². The van der Waals surface area contributed by atoms with Gasteiger partial charge in [-0.3, -0.25) is 9.89 Å². The molecule has 2 aromatic rings. The Morgan fingerprint density at radius 3 is 2.41 bits per heavy atom. The number of ether oxygens (including phenoxy) is 1. The first-order valence-electron chi connectivity index (χ1n) is 8.73. The van der Waals surface area contributed by atoms with E-state index < -0.39 is 10.0 Å². The standard InChI is InChI=1S/C18H24N4O4S/c1-21(2)18(23)16-12-19-20-17(16)13-8-10-22(11-9-13)27(24,25)15-6-4-14(26-3)5-7-15/h4-7,12-13H,8-11H2,1-3H3,(H,19,20). The van der Waals surface area contributed by atoms with E-state index in [1.165, 1.54) is 15.4 Å². The highest BCUT2D eigenvalue weighted by Gasteiger charge is 2.32. The number of amides is 1. The molecule has 0 saturated carbocycles. The summed E-state index contributed by atoms with van der Waals surface area (Å²) < 4.78 is 32.3. The van der Waals surface area contributed by atoms with Gasteiger partial charge in [-0.15, -0.1) is 0 Å². The van der Waals surface area contributed by atoms with Crippen LogP contribution in [0.1, 0.15) is 34.8 Å². The molecule has 1 aliphatic rings. The Bertz CT molecular complexity index is 898. The van der Waals surface area contributed by atoms with Crippen LogP contribution in [0.5, 0.6) is 5.75 Å². The summed E-state index contributed by atoms with van der Waals surface area (Å²) >= 11 is 0. The highest BCUT2D eigenvalue weighted by atomic mass is 32.2. The number of sulfonamides is 1. The molecule has 9 heteroatoms. The number of nitrogens with one attached hydrogen (secondary N) is 1. The second-order valence-corrected chi connectivity index (χ2v) is 8.69. The quantitative estimate of drug-likeness (QED) is 0.835. The molecule has 1 saturated heterocycles. The van der Waals surface area contributed by atoms with E-state index in [0.717, 1.165) is 5.69 Å². The number of hydrogen-bond acceptors (Lipinski definition) is 5. The summed E-state index contributed by atoms with van der Waals surface area (Å²) in [5, 5.41) is 6.95. The lowest BCUT2D eigenvalue weighted by atomic mass is 9.92. The van der Waals surface area contributed by atoms with Crippen LogP contribution in [0.2, 0.25) is 0 Å². The Hall–Kier alpha value is -2.39. The Morgan fingerprint density at radius 1 is 1.22 bits per heavy atom. The van der Waals surface area contributed by atoms with Gasteiger partial charge < -0.3 is 9.64 Å². The largest absolute Gasteiger partial charge is 0.497 e. The Kier molecular flexibility index (Phi) is 5.52. The van der Waals surface area contributed by atoms with E-state index in [9.17, 15) is 13.2 Å². The molecular weight excluding hydrogens is 368 g/mol. The summed E-state index contributed by atoms with van der Waals surface area (Å²) in [6, 6.07) is 6.40. The van der Waals surface area contributed by atoms with Crippen LogP contribution in [0.3, 0.4) is 0 Å². The molecule has 146 valence electrons. The molecule has 27 heavy (non-hydrogen) atoms. The second-order valence-electron chi connectivity index (χ2n) is 6.75. The lowest BCUT2D eigenvalue weighted by Crippen LogP contribution is -2.38. The van der Waals surface area contributed by atoms with E-state index in [1.807, 2.05) is 0 Å². The molecular formula is C18H24N4O4S. The minimum Gasteiger partial charge on any atom is -0.497 e. The van der Waals surface area contributed by atoms with Crippen LogP contribution in [-0.4, -0.2) is 68.0 Å². The van der Waals surface area contributed by atoms with Gasteiger partial charge >= 0.3 is 0 Å². The predicted molar refractivity (Wildman–Crippen MR) is 100 cm³/mol. The van der Waals surface area contributed by atoms with Gasteiger partial charge in [-0.1, -0.05) is 0 Å². The van der Waals surface area contributed by atoms with Crippen LogP contribution in [0.4, 0.5) is 0 Å². The molecule has 0 spiro atoms. The van der Waals surface area contributed by atoms with Crippen LogP contribution in [0.15, 0.2) is 35.4 Å². The summed E-state index contributed by atoms with van der Waals surface area (Å²) in [7, 11) is 1.39. The van der Waals surface area contributed by atoms with Gasteiger partial charge in [0.05, 0.1) is 29.5 Å². The molecule has 1 fully saturated rings. The SMILES string of the molecule is COc1ccc(S(=O)(=O)N2CCC(c3[nH]ncc3C(=O)N(C)C)CC2)cc1. The van der Waals surface area contributed by atoms with Crippen LogP contribution in [0, 0.1) is 0 Å². The van der Waals surface area contributed by atoms with Crippen molar-refractivity contribution in [1.29, 1.82) is 0 Å². The van der Waals surface area contributed by atoms with Gasteiger partial charge in [0, 0.05) is 33.1 Å². The van der Waals surface area contributed by atoms with E-state index in [1.54, 1.807) is 45.5 Å². The predicted octanol–water partition coefficient (Wildman–Crippen LogP) is 1.69. The number of hydrogen-bond donors (Lipinski definition) is 1. The molecule has 1 aliphatic heterocycles. The average Bonchev–Trinajstić information content (AvgIpc) is 3.17. The third kappa shape index (κ3) is 3.84. The van der Waals surface area contributed by atoms with Gasteiger partial charge in [0.2, 0.25) is 10.0 Å². The maximum atomic E-state index is 12.8. The summed E-state index contributed by atoms with van der Waals surface area (Å²) in [6.07, 6.45) is 2.80. The lowest BCUT2D eigenvalue weighted by Gasteiger charge is -2.31. The summed E-state index contributed by atoms with van der Waals surface area (Å²) in [5.74, 6) is 0.589. The van der Waals surface area contributed by atoms with Crippen molar-refractivity contribution in [2.75, 3.05) is 34.3 Å². The van der Waals surface area contributed by atoms with E-state index in [0.29, 0.717) is 37.2 Å². The number of piperidine rings is 1. The molecule has 0 radical (unpaired) electrons. The second kappa shape index (κ2) is 7.69. The van der Waals surface area contributed by atoms with Crippen molar-refractivity contribution in [3.8, 4) is 5.75 Å². The molecule has 8 nitrogen and oxygen atoms in total. The first-order chi connectivity index (χ1) is 12.8. The molecule has 0 bridgehead atoms. The molecule has 1 aromatic heterocycles. The first kappa shape index (κ1) is 19.4. The van der Waals surface area contributed by atoms with Crippen LogP contribution >= 0.6 is 0 Å². The van der Waals surface area contributed by atoms with Crippen LogP contribution in [0.25, 0.3) is 0 Å². The maximum absolute atomic E-state index is 12.8. The number of benzene rings is 1. The van der Waals surface area contributed by atoms with Gasteiger partial charge in [-0.2, -0.15) is 9.40 Å². The number of methoxy groups -OCH3 is 1. The van der Waals surface area contributed by atoms with Crippen molar-refractivity contribution in [3.05, 3.63) is 41.7 Å². The van der Waals surface area contributed by atoms with Crippen LogP contribution < -0.4 is 4.74 Å². The fourth-order valence-electron chi connectivity index (χ4n) is 3.30. The van der Waals surface area contributed by atoms with Crippen LogP contribution in [-0.2, 0) is 10.0 Å². The fraction of sp³-hybridized carbons (Fsp3) is 0.444. The van der Waals surface area contributed by atoms with Crippen molar-refractivity contribution >= 4 is 15.9 Å². The Balaban J connectivity index is 1.72. The van der Waals surface area contributed by atoms with Gasteiger partial charge in [0.25, 0.3) is 5.91 Å². The number of carbonyl (C=O) groups is 1. The van der Waals surface area contributed by atoms with E-state index in [4.69, 9.17) is 4.74 Å². The summed E-state index contributed by atoms with van der Waals surface area (Å²) in [6.45, 7) is 0.793.